The largest absolute Gasteiger partial charge is 0.262 e. The van der Waals surface area contributed by atoms with Crippen LogP contribution in [-0.2, 0) is 0 Å². The molecule has 1 aliphatic rings. The summed E-state index contributed by atoms with van der Waals surface area (Å²) in [6.07, 6.45) is 1.26. The first kappa shape index (κ1) is 5.21. The van der Waals surface area contributed by atoms with Crippen LogP contribution in [0, 0.1) is 0 Å². The molecule has 0 saturated carbocycles. The van der Waals surface area contributed by atoms with Crippen molar-refractivity contribution in [3.63, 3.8) is 0 Å². The summed E-state index contributed by atoms with van der Waals surface area (Å²) in [6.45, 7) is 0. The summed E-state index contributed by atoms with van der Waals surface area (Å²) in [7, 11) is 0. The summed E-state index contributed by atoms with van der Waals surface area (Å²) in [5.74, 6) is 0. The summed E-state index contributed by atoms with van der Waals surface area (Å²) in [6, 6.07) is 0. The summed E-state index contributed by atoms with van der Waals surface area (Å²) in [5, 5.41) is -0.0625. The third-order valence-corrected chi connectivity index (χ3v) is 0.740. The van der Waals surface area contributed by atoms with Crippen LogP contribution in [0.5, 0.6) is 0 Å². The molecule has 0 aliphatic carbocycles. The zero-order valence-electron chi connectivity index (χ0n) is 3.96. The lowest BCUT2D eigenvalue weighted by molar-refractivity contribution is 0.00650. The molecule has 44 valence electrons. The Hall–Kier alpha value is -0.930. The molecule has 1 rings (SSSR count). The van der Waals surface area contributed by atoms with E-state index in [1.54, 1.807) is 0 Å². The van der Waals surface area contributed by atoms with Crippen LogP contribution in [0.3, 0.4) is 0 Å². The minimum absolute atomic E-state index is 0.0625. The van der Waals surface area contributed by atoms with Gasteiger partial charge in [-0.3, -0.25) is 4.99 Å². The molecule has 0 radical (unpaired) electrons. The molecule has 2 nitrogen and oxygen atoms in total. The second-order valence-electron chi connectivity index (χ2n) is 1.31. The van der Waals surface area contributed by atoms with Crippen LogP contribution < -0.4 is 0 Å². The lowest BCUT2D eigenvalue weighted by Gasteiger charge is -2.10. The average Bonchev–Trinajstić information content (AvgIpc) is 1.77. The highest BCUT2D eigenvalue weighted by atomic mass is 19.2. The fourth-order valence-electron chi connectivity index (χ4n) is 0.369. The Kier molecular flexibility index (Phi) is 1.24. The maximum Gasteiger partial charge on any atom is 0.235 e. The summed E-state index contributed by atoms with van der Waals surface area (Å²) < 4.78 is 23.8. The van der Waals surface area contributed by atoms with E-state index < -0.39 is 6.30 Å². The maximum atomic E-state index is 11.9. The predicted molar refractivity (Wildman–Crippen MR) is 25.5 cm³/mol. The van der Waals surface area contributed by atoms with E-state index in [2.05, 4.69) is 4.99 Å². The van der Waals surface area contributed by atoms with Gasteiger partial charge in [0.15, 0.2) is 0 Å². The maximum absolute atomic E-state index is 11.9. The molecule has 1 atom stereocenters. The van der Waals surface area contributed by atoms with Gasteiger partial charge in [0.1, 0.15) is 0 Å². The van der Waals surface area contributed by atoms with Crippen molar-refractivity contribution < 1.29 is 8.87 Å². The van der Waals surface area contributed by atoms with Crippen molar-refractivity contribution in [2.24, 2.45) is 4.99 Å². The van der Waals surface area contributed by atoms with Crippen LogP contribution in [0.25, 0.3) is 0 Å². The fraction of sp³-hybridized carbons (Fsp3) is 0.250. The molecule has 1 aliphatic heterocycles. The Labute approximate surface area is 45.1 Å². The van der Waals surface area contributed by atoms with E-state index in [0.29, 0.717) is 0 Å². The van der Waals surface area contributed by atoms with Gasteiger partial charge in [-0.1, -0.05) is 4.48 Å². The number of nitrogens with zero attached hydrogens (tertiary/aromatic N) is 2. The van der Waals surface area contributed by atoms with E-state index in [-0.39, 0.29) is 5.12 Å². The van der Waals surface area contributed by atoms with E-state index in [1.807, 2.05) is 0 Å². The molecule has 0 saturated heterocycles. The Bertz CT molecular complexity index is 116. The molecule has 1 heterocycles. The molecule has 0 N–H and O–H groups in total. The van der Waals surface area contributed by atoms with E-state index in [1.165, 1.54) is 6.20 Å². The second-order valence-corrected chi connectivity index (χ2v) is 1.31. The van der Waals surface area contributed by atoms with Gasteiger partial charge in [0, 0.05) is 6.20 Å². The van der Waals surface area contributed by atoms with Gasteiger partial charge in [0.05, 0.1) is 12.4 Å². The Balaban J connectivity index is 2.59. The molecular formula is C4H4F2N2. The zero-order chi connectivity index (χ0) is 5.98. The van der Waals surface area contributed by atoms with Crippen molar-refractivity contribution in [3.05, 3.63) is 12.4 Å². The van der Waals surface area contributed by atoms with Gasteiger partial charge in [0.2, 0.25) is 6.30 Å². The number of hydrogen-bond donors (Lipinski definition) is 0. The monoisotopic (exact) mass is 118 g/mol. The highest BCUT2D eigenvalue weighted by Gasteiger charge is 2.11. The van der Waals surface area contributed by atoms with Crippen LogP contribution >= 0.6 is 0 Å². The second kappa shape index (κ2) is 1.90. The third-order valence-electron chi connectivity index (χ3n) is 0.740. The van der Waals surface area contributed by atoms with Crippen molar-refractivity contribution in [2.45, 2.75) is 6.30 Å². The molecule has 0 spiro atoms. The molecule has 0 aromatic heterocycles. The van der Waals surface area contributed by atoms with E-state index in [9.17, 15) is 8.87 Å². The van der Waals surface area contributed by atoms with E-state index >= 15 is 0 Å². The van der Waals surface area contributed by atoms with Crippen molar-refractivity contribution >= 4 is 6.21 Å². The minimum Gasteiger partial charge on any atom is -0.262 e. The lowest BCUT2D eigenvalue weighted by atomic mass is 10.6. The number of alkyl halides is 1. The lowest BCUT2D eigenvalue weighted by Crippen LogP contribution is -2.21. The first-order chi connectivity index (χ1) is 3.80. The van der Waals surface area contributed by atoms with Gasteiger partial charge < -0.3 is 0 Å². The fourth-order valence-corrected chi connectivity index (χ4v) is 0.369. The van der Waals surface area contributed by atoms with Crippen LogP contribution in [0.2, 0.25) is 0 Å². The van der Waals surface area contributed by atoms with Crippen molar-refractivity contribution in [1.82, 2.24) is 5.12 Å². The van der Waals surface area contributed by atoms with Crippen molar-refractivity contribution in [3.8, 4) is 0 Å². The quantitative estimate of drug-likeness (QED) is 0.342. The third kappa shape index (κ3) is 0.828. The average molecular weight is 118 g/mol. The normalized spacial score (nSPS) is 26.8. The summed E-state index contributed by atoms with van der Waals surface area (Å²) in [5.41, 5.74) is 0. The Morgan fingerprint density at radius 1 is 1.62 bits per heavy atom. The van der Waals surface area contributed by atoms with Gasteiger partial charge in [-0.05, 0) is 0 Å². The summed E-state index contributed by atoms with van der Waals surface area (Å²) >= 11 is 0. The molecule has 0 fully saturated rings. The molecular weight excluding hydrogens is 114 g/mol. The highest BCUT2D eigenvalue weighted by Crippen LogP contribution is 2.04. The number of aliphatic imine (C=N–C) groups is 1. The number of halogens is 2. The molecule has 0 amide bonds. The summed E-state index contributed by atoms with van der Waals surface area (Å²) in [4.78, 5) is 3.35. The van der Waals surface area contributed by atoms with Crippen LogP contribution in [0.1, 0.15) is 0 Å². The van der Waals surface area contributed by atoms with Crippen LogP contribution in [0.4, 0.5) is 8.87 Å². The molecule has 0 aromatic carbocycles. The molecule has 0 aromatic rings. The first-order valence-electron chi connectivity index (χ1n) is 2.09. The van der Waals surface area contributed by atoms with Gasteiger partial charge in [-0.25, -0.2) is 4.39 Å². The number of rotatable bonds is 0. The van der Waals surface area contributed by atoms with Crippen LogP contribution in [0.15, 0.2) is 17.4 Å². The Morgan fingerprint density at radius 3 is 2.75 bits per heavy atom. The smallest absolute Gasteiger partial charge is 0.235 e. The van der Waals surface area contributed by atoms with Gasteiger partial charge in [-0.2, -0.15) is 5.12 Å². The predicted octanol–water partition coefficient (Wildman–Crippen LogP) is 1.02. The molecule has 0 bridgehead atoms. The highest BCUT2D eigenvalue weighted by molar-refractivity contribution is 5.63. The molecule has 4 heteroatoms. The van der Waals surface area contributed by atoms with E-state index in [4.69, 9.17) is 0 Å². The van der Waals surface area contributed by atoms with Crippen LogP contribution in [-0.4, -0.2) is 17.6 Å². The topological polar surface area (TPSA) is 15.6 Å². The SMILES string of the molecule is FC1C=NC=CN1F. The van der Waals surface area contributed by atoms with Gasteiger partial charge >= 0.3 is 0 Å². The zero-order valence-corrected chi connectivity index (χ0v) is 3.96. The Morgan fingerprint density at radius 2 is 2.38 bits per heavy atom. The van der Waals surface area contributed by atoms with Crippen molar-refractivity contribution in [2.75, 3.05) is 0 Å². The standard InChI is InChI=1S/C4H4F2N2/c5-4-3-7-1-2-8(4)6/h1-4H. The number of hydrogen-bond acceptors (Lipinski definition) is 2. The van der Waals surface area contributed by atoms with Gasteiger partial charge in [-0.15, -0.1) is 0 Å². The van der Waals surface area contributed by atoms with Crippen molar-refractivity contribution in [1.29, 1.82) is 0 Å². The van der Waals surface area contributed by atoms with E-state index in [0.717, 1.165) is 12.4 Å². The molecule has 1 unspecified atom stereocenters. The minimum atomic E-state index is -1.71. The molecule has 8 heavy (non-hydrogen) atoms. The van der Waals surface area contributed by atoms with Gasteiger partial charge in [0.25, 0.3) is 0 Å². The first-order valence-corrected chi connectivity index (χ1v) is 2.09.